The Kier molecular flexibility index (Phi) is 5.78. The molecule has 0 aliphatic carbocycles. The Morgan fingerprint density at radius 1 is 1.12 bits per heavy atom. The van der Waals surface area contributed by atoms with Crippen LogP contribution in [0.5, 0.6) is 0 Å². The van der Waals surface area contributed by atoms with Crippen molar-refractivity contribution in [3.8, 4) is 0 Å². The van der Waals surface area contributed by atoms with Gasteiger partial charge in [-0.3, -0.25) is 4.79 Å². The lowest BCUT2D eigenvalue weighted by Crippen LogP contribution is -2.31. The second kappa shape index (κ2) is 7.62. The van der Waals surface area contributed by atoms with Crippen molar-refractivity contribution in [1.29, 1.82) is 0 Å². The van der Waals surface area contributed by atoms with E-state index in [0.717, 1.165) is 16.8 Å². The number of halogens is 1. The molecule has 1 amide bonds. The van der Waals surface area contributed by atoms with Crippen LogP contribution in [0, 0.1) is 20.8 Å². The number of hydrogen-bond donors (Lipinski definition) is 1. The number of nitrogens with one attached hydrogen (secondary N) is 1. The summed E-state index contributed by atoms with van der Waals surface area (Å²) in [5, 5.41) is 3.85. The Labute approximate surface area is 148 Å². The van der Waals surface area contributed by atoms with E-state index in [0.29, 0.717) is 35.4 Å². The van der Waals surface area contributed by atoms with E-state index in [1.54, 1.807) is 17.9 Å². The van der Waals surface area contributed by atoms with Gasteiger partial charge in [0.05, 0.1) is 10.7 Å². The number of amides is 1. The maximum absolute atomic E-state index is 12.5. The van der Waals surface area contributed by atoms with Crippen LogP contribution in [-0.2, 0) is 0 Å². The number of aryl methyl sites for hydroxylation is 3. The van der Waals surface area contributed by atoms with Gasteiger partial charge in [-0.05, 0) is 51.8 Å². The van der Waals surface area contributed by atoms with E-state index in [-0.39, 0.29) is 5.91 Å². The van der Waals surface area contributed by atoms with E-state index in [1.807, 2.05) is 39.8 Å². The number of aromatic nitrogens is 2. The highest BCUT2D eigenvalue weighted by atomic mass is 35.5. The molecule has 1 aromatic heterocycles. The minimum Gasteiger partial charge on any atom is -0.339 e. The number of hydrogen-bond acceptors (Lipinski definition) is 4. The Bertz CT molecular complexity index is 734. The van der Waals surface area contributed by atoms with Crippen LogP contribution in [0.4, 0.5) is 11.5 Å². The zero-order valence-corrected chi connectivity index (χ0v) is 15.5. The first-order chi connectivity index (χ1) is 11.3. The molecule has 1 heterocycles. The number of carbonyl (C=O) groups excluding carboxylic acids is 1. The molecule has 0 saturated carbocycles. The molecule has 0 radical (unpaired) electrons. The first-order valence-electron chi connectivity index (χ1n) is 8.04. The van der Waals surface area contributed by atoms with Crippen molar-refractivity contribution in [2.45, 2.75) is 34.6 Å². The van der Waals surface area contributed by atoms with Crippen molar-refractivity contribution >= 4 is 29.0 Å². The summed E-state index contributed by atoms with van der Waals surface area (Å²) < 4.78 is 0. The highest BCUT2D eigenvalue weighted by Crippen LogP contribution is 2.29. The van der Waals surface area contributed by atoms with E-state index >= 15 is 0 Å². The number of carbonyl (C=O) groups is 1. The summed E-state index contributed by atoms with van der Waals surface area (Å²) >= 11 is 6.34. The quantitative estimate of drug-likeness (QED) is 0.877. The van der Waals surface area contributed by atoms with Crippen molar-refractivity contribution in [1.82, 2.24) is 14.9 Å². The van der Waals surface area contributed by atoms with E-state index < -0.39 is 0 Å². The van der Waals surface area contributed by atoms with Crippen molar-refractivity contribution in [3.05, 3.63) is 45.9 Å². The van der Waals surface area contributed by atoms with Crippen LogP contribution >= 0.6 is 11.6 Å². The average Bonchev–Trinajstić information content (AvgIpc) is 2.51. The molecule has 6 heteroatoms. The number of nitrogens with zero attached hydrogens (tertiary/aromatic N) is 3. The second-order valence-corrected chi connectivity index (χ2v) is 6.13. The first kappa shape index (κ1) is 18.2. The molecule has 2 rings (SSSR count). The van der Waals surface area contributed by atoms with Crippen LogP contribution in [0.15, 0.2) is 18.2 Å². The van der Waals surface area contributed by atoms with E-state index in [2.05, 4.69) is 15.3 Å². The van der Waals surface area contributed by atoms with E-state index in [1.165, 1.54) is 0 Å². The molecular weight excluding hydrogens is 324 g/mol. The van der Waals surface area contributed by atoms with Gasteiger partial charge in [-0.1, -0.05) is 17.7 Å². The van der Waals surface area contributed by atoms with Crippen molar-refractivity contribution < 1.29 is 4.79 Å². The molecule has 1 aromatic carbocycles. The molecule has 0 unspecified atom stereocenters. The Morgan fingerprint density at radius 3 is 2.38 bits per heavy atom. The third-order valence-corrected chi connectivity index (χ3v) is 4.09. The molecule has 0 aliphatic heterocycles. The van der Waals surface area contributed by atoms with Gasteiger partial charge in [0.1, 0.15) is 17.3 Å². The Morgan fingerprint density at radius 2 is 1.79 bits per heavy atom. The molecule has 0 aliphatic rings. The zero-order valence-electron chi connectivity index (χ0n) is 14.8. The molecular formula is C18H23ClN4O. The van der Waals surface area contributed by atoms with Crippen molar-refractivity contribution in [2.24, 2.45) is 0 Å². The number of anilines is 2. The lowest BCUT2D eigenvalue weighted by molar-refractivity contribution is 0.0766. The summed E-state index contributed by atoms with van der Waals surface area (Å²) in [5.74, 6) is 1.00. The summed E-state index contributed by atoms with van der Waals surface area (Å²) in [6.07, 6.45) is 0. The molecule has 2 aromatic rings. The van der Waals surface area contributed by atoms with Gasteiger partial charge in [0.15, 0.2) is 0 Å². The monoisotopic (exact) mass is 346 g/mol. The molecule has 0 fully saturated rings. The predicted octanol–water partition coefficient (Wildman–Crippen LogP) is 4.28. The van der Waals surface area contributed by atoms with Crippen LogP contribution in [0.3, 0.4) is 0 Å². The SMILES string of the molecule is CCN(CC)C(=O)c1cc(Nc2c(C)cc(C)cc2Cl)nc(C)n1. The fourth-order valence-electron chi connectivity index (χ4n) is 2.62. The molecule has 0 atom stereocenters. The van der Waals surface area contributed by atoms with Crippen LogP contribution in [-0.4, -0.2) is 33.9 Å². The lowest BCUT2D eigenvalue weighted by Gasteiger charge is -2.19. The number of rotatable bonds is 5. The summed E-state index contributed by atoms with van der Waals surface area (Å²) in [5.41, 5.74) is 3.29. The van der Waals surface area contributed by atoms with Gasteiger partial charge in [0, 0.05) is 19.2 Å². The highest BCUT2D eigenvalue weighted by molar-refractivity contribution is 6.33. The molecule has 128 valence electrons. The molecule has 24 heavy (non-hydrogen) atoms. The number of benzene rings is 1. The molecule has 1 N–H and O–H groups in total. The van der Waals surface area contributed by atoms with Gasteiger partial charge in [-0.2, -0.15) is 0 Å². The fraction of sp³-hybridized carbons (Fsp3) is 0.389. The molecule has 0 saturated heterocycles. The van der Waals surface area contributed by atoms with Crippen LogP contribution in [0.25, 0.3) is 0 Å². The van der Waals surface area contributed by atoms with Crippen LogP contribution in [0.2, 0.25) is 5.02 Å². The minimum atomic E-state index is -0.0970. The first-order valence-corrected chi connectivity index (χ1v) is 8.42. The van der Waals surface area contributed by atoms with Gasteiger partial charge in [0.25, 0.3) is 5.91 Å². The van der Waals surface area contributed by atoms with Gasteiger partial charge in [-0.15, -0.1) is 0 Å². The predicted molar refractivity (Wildman–Crippen MR) is 98.2 cm³/mol. The molecule has 0 spiro atoms. The van der Waals surface area contributed by atoms with Crippen molar-refractivity contribution in [2.75, 3.05) is 18.4 Å². The lowest BCUT2D eigenvalue weighted by atomic mass is 10.1. The minimum absolute atomic E-state index is 0.0970. The maximum Gasteiger partial charge on any atom is 0.272 e. The third-order valence-electron chi connectivity index (χ3n) is 3.79. The summed E-state index contributed by atoms with van der Waals surface area (Å²) in [7, 11) is 0. The Balaban J connectivity index is 2.38. The normalized spacial score (nSPS) is 10.6. The smallest absolute Gasteiger partial charge is 0.272 e. The third kappa shape index (κ3) is 4.03. The maximum atomic E-state index is 12.5. The average molecular weight is 347 g/mol. The van der Waals surface area contributed by atoms with Crippen LogP contribution < -0.4 is 5.32 Å². The molecule has 5 nitrogen and oxygen atoms in total. The van der Waals surface area contributed by atoms with E-state index in [4.69, 9.17) is 11.6 Å². The summed E-state index contributed by atoms with van der Waals surface area (Å²) in [6.45, 7) is 10.9. The summed E-state index contributed by atoms with van der Waals surface area (Å²) in [4.78, 5) is 22.9. The van der Waals surface area contributed by atoms with Gasteiger partial charge in [0.2, 0.25) is 0 Å². The van der Waals surface area contributed by atoms with Gasteiger partial charge < -0.3 is 10.2 Å². The van der Waals surface area contributed by atoms with Gasteiger partial charge >= 0.3 is 0 Å². The zero-order chi connectivity index (χ0) is 17.9. The van der Waals surface area contributed by atoms with E-state index in [9.17, 15) is 4.79 Å². The fourth-order valence-corrected chi connectivity index (χ4v) is 2.98. The largest absolute Gasteiger partial charge is 0.339 e. The second-order valence-electron chi connectivity index (χ2n) is 5.73. The Hall–Kier alpha value is -2.14. The highest BCUT2D eigenvalue weighted by Gasteiger charge is 2.16. The van der Waals surface area contributed by atoms with Crippen LogP contribution in [0.1, 0.15) is 41.3 Å². The van der Waals surface area contributed by atoms with Crippen molar-refractivity contribution in [3.63, 3.8) is 0 Å². The topological polar surface area (TPSA) is 58.1 Å². The van der Waals surface area contributed by atoms with Gasteiger partial charge in [-0.25, -0.2) is 9.97 Å². The standard InChI is InChI=1S/C18H23ClN4O/c1-6-23(7-2)18(24)15-10-16(21-13(5)20-15)22-17-12(4)8-11(3)9-14(17)19/h8-10H,6-7H2,1-5H3,(H,20,21,22). The summed E-state index contributed by atoms with van der Waals surface area (Å²) in [6, 6.07) is 5.61. The molecule has 0 bridgehead atoms.